The highest BCUT2D eigenvalue weighted by Gasteiger charge is 2.03. The monoisotopic (exact) mass is 297 g/mol. The van der Waals surface area contributed by atoms with Crippen molar-refractivity contribution in [3.05, 3.63) is 29.8 Å². The number of anilines is 1. The molecule has 0 radical (unpaired) electrons. The third-order valence-corrected chi connectivity index (χ3v) is 4.30. The number of benzene rings is 1. The van der Waals surface area contributed by atoms with E-state index >= 15 is 0 Å². The summed E-state index contributed by atoms with van der Waals surface area (Å²) in [5.74, 6) is 0.494. The van der Waals surface area contributed by atoms with Crippen LogP contribution in [-0.4, -0.2) is 28.1 Å². The summed E-state index contributed by atoms with van der Waals surface area (Å²) in [7, 11) is 0. The van der Waals surface area contributed by atoms with E-state index in [9.17, 15) is 4.79 Å². The largest absolute Gasteiger partial charge is 0.325 e. The first-order valence-corrected chi connectivity index (χ1v) is 8.20. The van der Waals surface area contributed by atoms with Crippen molar-refractivity contribution in [3.8, 4) is 0 Å². The van der Waals surface area contributed by atoms with E-state index in [2.05, 4.69) is 15.5 Å². The van der Waals surface area contributed by atoms with Gasteiger partial charge < -0.3 is 5.32 Å². The number of nitrogens with one attached hydrogen (secondary N) is 1. The zero-order valence-electron chi connectivity index (χ0n) is 9.62. The van der Waals surface area contributed by atoms with Gasteiger partial charge in [0.1, 0.15) is 5.51 Å². The maximum atomic E-state index is 11.4. The van der Waals surface area contributed by atoms with Crippen molar-refractivity contribution in [1.29, 1.82) is 0 Å². The number of thioether (sulfide) groups is 1. The fraction of sp³-hybridized carbons (Fsp3) is 0.182. The van der Waals surface area contributed by atoms with Gasteiger partial charge in [0.05, 0.1) is 5.75 Å². The third-order valence-electron chi connectivity index (χ3n) is 1.96. The molecule has 0 saturated heterocycles. The van der Waals surface area contributed by atoms with Crippen LogP contribution in [0.15, 0.2) is 39.0 Å². The Balaban J connectivity index is 1.95. The Morgan fingerprint density at radius 1 is 1.39 bits per heavy atom. The lowest BCUT2D eigenvalue weighted by Crippen LogP contribution is -2.13. The molecule has 0 aliphatic carbocycles. The highest BCUT2D eigenvalue weighted by atomic mass is 32.2. The van der Waals surface area contributed by atoms with Crippen LogP contribution in [-0.2, 0) is 4.79 Å². The Labute approximate surface area is 118 Å². The van der Waals surface area contributed by atoms with Crippen LogP contribution in [0.3, 0.4) is 0 Å². The fourth-order valence-corrected chi connectivity index (χ4v) is 3.03. The number of carbonyl (C=O) groups excluding carboxylic acids is 1. The number of rotatable bonds is 5. The molecular weight excluding hydrogens is 286 g/mol. The first-order chi connectivity index (χ1) is 8.78. The predicted octanol–water partition coefficient (Wildman–Crippen LogP) is 2.99. The molecule has 18 heavy (non-hydrogen) atoms. The van der Waals surface area contributed by atoms with E-state index in [1.54, 1.807) is 17.3 Å². The van der Waals surface area contributed by atoms with E-state index in [0.29, 0.717) is 5.75 Å². The minimum absolute atomic E-state index is 0.0204. The Kier molecular flexibility index (Phi) is 5.03. The van der Waals surface area contributed by atoms with E-state index in [-0.39, 0.29) is 5.91 Å². The van der Waals surface area contributed by atoms with E-state index in [0.717, 1.165) is 14.9 Å². The molecule has 0 atom stereocenters. The Morgan fingerprint density at radius 3 is 2.78 bits per heavy atom. The molecule has 94 valence electrons. The van der Waals surface area contributed by atoms with E-state index < -0.39 is 0 Å². The first kappa shape index (κ1) is 13.4. The SMILES string of the molecule is CSCC(=O)Nc1ccc(Sc2nncs2)cc1. The molecule has 0 aliphatic rings. The Hall–Kier alpha value is -1.05. The molecule has 2 rings (SSSR count). The average molecular weight is 297 g/mol. The molecule has 0 unspecified atom stereocenters. The van der Waals surface area contributed by atoms with Crippen LogP contribution in [0.2, 0.25) is 0 Å². The van der Waals surface area contributed by atoms with E-state index in [1.807, 2.05) is 30.5 Å². The fourth-order valence-electron chi connectivity index (χ4n) is 1.24. The summed E-state index contributed by atoms with van der Waals surface area (Å²) in [6.07, 6.45) is 1.90. The zero-order valence-corrected chi connectivity index (χ0v) is 12.1. The number of nitrogens with zero attached hydrogens (tertiary/aromatic N) is 2. The van der Waals surface area contributed by atoms with E-state index in [4.69, 9.17) is 0 Å². The van der Waals surface area contributed by atoms with E-state index in [1.165, 1.54) is 23.1 Å². The molecular formula is C11H11N3OS3. The number of aromatic nitrogens is 2. The predicted molar refractivity (Wildman–Crippen MR) is 77.5 cm³/mol. The summed E-state index contributed by atoms with van der Waals surface area (Å²) in [6.45, 7) is 0. The normalized spacial score (nSPS) is 10.3. The summed E-state index contributed by atoms with van der Waals surface area (Å²) in [6, 6.07) is 7.70. The minimum Gasteiger partial charge on any atom is -0.325 e. The molecule has 0 saturated carbocycles. The Bertz CT molecular complexity index is 499. The summed E-state index contributed by atoms with van der Waals surface area (Å²) in [4.78, 5) is 12.5. The van der Waals surface area contributed by atoms with Crippen LogP contribution in [0.4, 0.5) is 5.69 Å². The Morgan fingerprint density at radius 2 is 2.17 bits per heavy atom. The first-order valence-electron chi connectivity index (χ1n) is 5.11. The van der Waals surface area contributed by atoms with Crippen molar-refractivity contribution >= 4 is 46.5 Å². The van der Waals surface area contributed by atoms with Crippen molar-refractivity contribution in [2.24, 2.45) is 0 Å². The molecule has 4 nitrogen and oxygen atoms in total. The van der Waals surface area contributed by atoms with Gasteiger partial charge in [0, 0.05) is 10.6 Å². The van der Waals surface area contributed by atoms with Gasteiger partial charge in [-0.05, 0) is 30.5 Å². The van der Waals surface area contributed by atoms with Gasteiger partial charge >= 0.3 is 0 Å². The van der Waals surface area contributed by atoms with Crippen LogP contribution >= 0.6 is 34.9 Å². The van der Waals surface area contributed by atoms with Gasteiger partial charge in [0.2, 0.25) is 5.91 Å². The van der Waals surface area contributed by atoms with Gasteiger partial charge in [-0.25, -0.2) is 0 Å². The maximum Gasteiger partial charge on any atom is 0.234 e. The summed E-state index contributed by atoms with van der Waals surface area (Å²) in [5.41, 5.74) is 2.52. The standard InChI is InChI=1S/C11H11N3OS3/c1-16-6-10(15)13-8-2-4-9(5-3-8)18-11-14-12-7-17-11/h2-5,7H,6H2,1H3,(H,13,15). The van der Waals surface area contributed by atoms with Gasteiger partial charge in [-0.2, -0.15) is 11.8 Å². The molecule has 1 N–H and O–H groups in total. The van der Waals surface area contributed by atoms with Crippen molar-refractivity contribution < 1.29 is 4.79 Å². The lowest BCUT2D eigenvalue weighted by Gasteiger charge is -2.04. The van der Waals surface area contributed by atoms with Crippen LogP contribution < -0.4 is 5.32 Å². The maximum absolute atomic E-state index is 11.4. The van der Waals surface area contributed by atoms with Crippen LogP contribution in [0.1, 0.15) is 0 Å². The molecule has 7 heteroatoms. The minimum atomic E-state index is 0.0204. The second-order valence-electron chi connectivity index (χ2n) is 3.31. The molecule has 1 aromatic carbocycles. The number of carbonyl (C=O) groups is 1. The topological polar surface area (TPSA) is 54.9 Å². The molecule has 0 spiro atoms. The molecule has 1 amide bonds. The molecule has 1 heterocycles. The van der Waals surface area contributed by atoms with Crippen LogP contribution in [0.5, 0.6) is 0 Å². The number of amides is 1. The van der Waals surface area contributed by atoms with Crippen molar-refractivity contribution in [3.63, 3.8) is 0 Å². The molecule has 2 aromatic rings. The summed E-state index contributed by atoms with van der Waals surface area (Å²) >= 11 is 4.57. The molecule has 0 aliphatic heterocycles. The quantitative estimate of drug-likeness (QED) is 0.919. The van der Waals surface area contributed by atoms with Crippen LogP contribution in [0.25, 0.3) is 0 Å². The number of hydrogen-bond donors (Lipinski definition) is 1. The van der Waals surface area contributed by atoms with Gasteiger partial charge in [0.15, 0.2) is 4.34 Å². The second kappa shape index (κ2) is 6.77. The number of hydrogen-bond acceptors (Lipinski definition) is 6. The zero-order chi connectivity index (χ0) is 12.8. The van der Waals surface area contributed by atoms with Crippen molar-refractivity contribution in [2.75, 3.05) is 17.3 Å². The summed E-state index contributed by atoms with van der Waals surface area (Å²) < 4.78 is 0.911. The third kappa shape index (κ3) is 4.01. The van der Waals surface area contributed by atoms with Crippen molar-refractivity contribution in [1.82, 2.24) is 10.2 Å². The molecule has 0 bridgehead atoms. The van der Waals surface area contributed by atoms with Crippen LogP contribution in [0, 0.1) is 0 Å². The van der Waals surface area contributed by atoms with Crippen molar-refractivity contribution in [2.45, 2.75) is 9.24 Å². The summed E-state index contributed by atoms with van der Waals surface area (Å²) in [5, 5.41) is 10.6. The highest BCUT2D eigenvalue weighted by molar-refractivity contribution is 8.01. The van der Waals surface area contributed by atoms with Gasteiger partial charge in [-0.15, -0.1) is 10.2 Å². The molecule has 1 aromatic heterocycles. The smallest absolute Gasteiger partial charge is 0.234 e. The lowest BCUT2D eigenvalue weighted by atomic mass is 10.3. The molecule has 0 fully saturated rings. The average Bonchev–Trinajstić information content (AvgIpc) is 2.85. The lowest BCUT2D eigenvalue weighted by molar-refractivity contribution is -0.113. The van der Waals surface area contributed by atoms with Gasteiger partial charge in [-0.1, -0.05) is 23.1 Å². The highest BCUT2D eigenvalue weighted by Crippen LogP contribution is 2.29. The van der Waals surface area contributed by atoms with Gasteiger partial charge in [-0.3, -0.25) is 4.79 Å². The van der Waals surface area contributed by atoms with Gasteiger partial charge in [0.25, 0.3) is 0 Å². The second-order valence-corrected chi connectivity index (χ2v) is 6.33.